The molecule has 114 valence electrons. The molecular formula is C16H25N5. The van der Waals surface area contributed by atoms with Gasteiger partial charge in [-0.05, 0) is 25.5 Å². The molecule has 0 spiro atoms. The Hall–Kier alpha value is -1.62. The predicted octanol–water partition coefficient (Wildman–Crippen LogP) is 2.21. The van der Waals surface area contributed by atoms with Gasteiger partial charge < -0.3 is 10.2 Å². The van der Waals surface area contributed by atoms with E-state index < -0.39 is 0 Å². The summed E-state index contributed by atoms with van der Waals surface area (Å²) in [6.45, 7) is 8.73. The van der Waals surface area contributed by atoms with Crippen LogP contribution in [0.25, 0.3) is 5.52 Å². The molecule has 0 aromatic carbocycles. The topological polar surface area (TPSA) is 45.5 Å². The monoisotopic (exact) mass is 287 g/mol. The average molecular weight is 287 g/mol. The number of nitrogens with one attached hydrogen (secondary N) is 1. The molecule has 0 bridgehead atoms. The van der Waals surface area contributed by atoms with E-state index in [0.717, 1.165) is 30.1 Å². The minimum atomic E-state index is 0.0499. The van der Waals surface area contributed by atoms with Gasteiger partial charge in [-0.2, -0.15) is 5.10 Å². The summed E-state index contributed by atoms with van der Waals surface area (Å²) in [6, 6.07) is 2.68. The van der Waals surface area contributed by atoms with Crippen LogP contribution in [-0.2, 0) is 5.41 Å². The molecule has 0 saturated carbocycles. The minimum Gasteiger partial charge on any atom is -0.354 e. The number of nitrogens with zero attached hydrogens (tertiary/aromatic N) is 4. The molecule has 1 atom stereocenters. The highest BCUT2D eigenvalue weighted by Gasteiger charge is 2.23. The number of hydrogen-bond acceptors (Lipinski definition) is 4. The van der Waals surface area contributed by atoms with Crippen molar-refractivity contribution in [3.63, 3.8) is 0 Å². The second-order valence-corrected chi connectivity index (χ2v) is 6.97. The zero-order valence-corrected chi connectivity index (χ0v) is 13.4. The second kappa shape index (κ2) is 5.30. The number of hydrogen-bond donors (Lipinski definition) is 1. The molecule has 1 aliphatic heterocycles. The minimum absolute atomic E-state index is 0.0499. The Labute approximate surface area is 126 Å². The van der Waals surface area contributed by atoms with Crippen LogP contribution in [0.15, 0.2) is 18.5 Å². The van der Waals surface area contributed by atoms with Crippen LogP contribution in [0.4, 0.5) is 5.82 Å². The molecule has 1 N–H and O–H groups in total. The quantitative estimate of drug-likeness (QED) is 0.920. The first-order chi connectivity index (χ1) is 9.97. The SMILES string of the molecule is CN(c1nccn2nc(C(C)(C)C)cc12)C1CCCNC1. The molecule has 1 saturated heterocycles. The van der Waals surface area contributed by atoms with Crippen molar-refractivity contribution in [2.24, 2.45) is 0 Å². The first-order valence-electron chi connectivity index (χ1n) is 7.75. The van der Waals surface area contributed by atoms with Gasteiger partial charge in [-0.25, -0.2) is 9.50 Å². The summed E-state index contributed by atoms with van der Waals surface area (Å²) in [6.07, 6.45) is 6.21. The van der Waals surface area contributed by atoms with E-state index in [0.29, 0.717) is 6.04 Å². The van der Waals surface area contributed by atoms with Gasteiger partial charge in [0.2, 0.25) is 0 Å². The molecule has 2 aromatic heterocycles. The lowest BCUT2D eigenvalue weighted by molar-refractivity contribution is 0.443. The van der Waals surface area contributed by atoms with Crippen LogP contribution in [-0.4, -0.2) is 40.8 Å². The van der Waals surface area contributed by atoms with E-state index in [4.69, 9.17) is 5.10 Å². The number of anilines is 1. The molecule has 0 amide bonds. The fourth-order valence-corrected chi connectivity index (χ4v) is 2.88. The van der Waals surface area contributed by atoms with Crippen molar-refractivity contribution in [3.8, 4) is 0 Å². The lowest BCUT2D eigenvalue weighted by atomic mass is 9.92. The van der Waals surface area contributed by atoms with Crippen molar-refractivity contribution in [1.82, 2.24) is 19.9 Å². The molecule has 1 aliphatic rings. The molecule has 0 aliphatic carbocycles. The van der Waals surface area contributed by atoms with Crippen LogP contribution in [0.2, 0.25) is 0 Å². The number of likely N-dealkylation sites (N-methyl/N-ethyl adjacent to an activating group) is 1. The third-order valence-electron chi connectivity index (χ3n) is 4.29. The molecule has 0 radical (unpaired) electrons. The Morgan fingerprint density at radius 3 is 2.86 bits per heavy atom. The summed E-state index contributed by atoms with van der Waals surface area (Å²) in [7, 11) is 2.14. The maximum Gasteiger partial charge on any atom is 0.154 e. The summed E-state index contributed by atoms with van der Waals surface area (Å²) in [5, 5.41) is 8.18. The third-order valence-corrected chi connectivity index (χ3v) is 4.29. The largest absolute Gasteiger partial charge is 0.354 e. The zero-order chi connectivity index (χ0) is 15.0. The highest BCUT2D eigenvalue weighted by molar-refractivity contribution is 5.69. The molecule has 2 aromatic rings. The summed E-state index contributed by atoms with van der Waals surface area (Å²) in [5.41, 5.74) is 2.25. The lowest BCUT2D eigenvalue weighted by Gasteiger charge is -2.32. The second-order valence-electron chi connectivity index (χ2n) is 6.97. The fraction of sp³-hybridized carbons (Fsp3) is 0.625. The van der Waals surface area contributed by atoms with Crippen LogP contribution in [0.5, 0.6) is 0 Å². The van der Waals surface area contributed by atoms with E-state index in [9.17, 15) is 0 Å². The Morgan fingerprint density at radius 2 is 2.19 bits per heavy atom. The number of aromatic nitrogens is 3. The van der Waals surface area contributed by atoms with Gasteiger partial charge >= 0.3 is 0 Å². The van der Waals surface area contributed by atoms with Gasteiger partial charge in [0.15, 0.2) is 5.82 Å². The van der Waals surface area contributed by atoms with Crippen molar-refractivity contribution in [2.45, 2.75) is 45.1 Å². The van der Waals surface area contributed by atoms with Crippen molar-refractivity contribution < 1.29 is 0 Å². The van der Waals surface area contributed by atoms with E-state index in [1.807, 2.05) is 16.9 Å². The molecule has 5 heteroatoms. The lowest BCUT2D eigenvalue weighted by Crippen LogP contribution is -2.44. The Bertz CT molecular complexity index is 619. The zero-order valence-electron chi connectivity index (χ0n) is 13.4. The van der Waals surface area contributed by atoms with E-state index in [-0.39, 0.29) is 5.41 Å². The highest BCUT2D eigenvalue weighted by Crippen LogP contribution is 2.27. The van der Waals surface area contributed by atoms with Gasteiger partial charge in [0.05, 0.1) is 5.69 Å². The van der Waals surface area contributed by atoms with Gasteiger partial charge in [-0.1, -0.05) is 20.8 Å². The van der Waals surface area contributed by atoms with Crippen LogP contribution in [0.1, 0.15) is 39.3 Å². The van der Waals surface area contributed by atoms with Crippen molar-refractivity contribution in [2.75, 3.05) is 25.0 Å². The Balaban J connectivity index is 1.99. The van der Waals surface area contributed by atoms with Gasteiger partial charge in [0.1, 0.15) is 5.52 Å². The molecule has 21 heavy (non-hydrogen) atoms. The Kier molecular flexibility index (Phi) is 3.61. The van der Waals surface area contributed by atoms with Crippen molar-refractivity contribution in [3.05, 3.63) is 24.2 Å². The molecule has 3 heterocycles. The third kappa shape index (κ3) is 2.75. The fourth-order valence-electron chi connectivity index (χ4n) is 2.88. The first-order valence-corrected chi connectivity index (χ1v) is 7.75. The van der Waals surface area contributed by atoms with Crippen LogP contribution >= 0.6 is 0 Å². The summed E-state index contributed by atoms with van der Waals surface area (Å²) in [4.78, 5) is 6.92. The average Bonchev–Trinajstić information content (AvgIpc) is 2.91. The van der Waals surface area contributed by atoms with E-state index in [2.05, 4.69) is 49.1 Å². The molecule has 1 fully saturated rings. The van der Waals surface area contributed by atoms with E-state index in [1.54, 1.807) is 0 Å². The normalized spacial score (nSPS) is 19.9. The summed E-state index contributed by atoms with van der Waals surface area (Å²) >= 11 is 0. The van der Waals surface area contributed by atoms with E-state index >= 15 is 0 Å². The van der Waals surface area contributed by atoms with Gasteiger partial charge in [0.25, 0.3) is 0 Å². The molecule has 5 nitrogen and oxygen atoms in total. The summed E-state index contributed by atoms with van der Waals surface area (Å²) < 4.78 is 1.95. The van der Waals surface area contributed by atoms with Gasteiger partial charge in [0, 0.05) is 37.4 Å². The summed E-state index contributed by atoms with van der Waals surface area (Å²) in [5.74, 6) is 1.02. The van der Waals surface area contributed by atoms with Crippen LogP contribution < -0.4 is 10.2 Å². The number of piperidine rings is 1. The maximum absolute atomic E-state index is 4.71. The number of fused-ring (bicyclic) bond motifs is 1. The van der Waals surface area contributed by atoms with Crippen LogP contribution in [0.3, 0.4) is 0 Å². The van der Waals surface area contributed by atoms with Gasteiger partial charge in [-0.15, -0.1) is 0 Å². The number of rotatable bonds is 2. The molecule has 1 unspecified atom stereocenters. The molecular weight excluding hydrogens is 262 g/mol. The standard InChI is InChI=1S/C16H25N5/c1-16(2,3)14-10-13-15(18-8-9-21(13)19-14)20(4)12-6-5-7-17-11-12/h8-10,12,17H,5-7,11H2,1-4H3. The van der Waals surface area contributed by atoms with Gasteiger partial charge in [-0.3, -0.25) is 0 Å². The molecule has 3 rings (SSSR count). The smallest absolute Gasteiger partial charge is 0.154 e. The van der Waals surface area contributed by atoms with E-state index in [1.165, 1.54) is 12.8 Å². The van der Waals surface area contributed by atoms with Crippen molar-refractivity contribution in [1.29, 1.82) is 0 Å². The first kappa shape index (κ1) is 14.3. The van der Waals surface area contributed by atoms with Crippen molar-refractivity contribution >= 4 is 11.3 Å². The Morgan fingerprint density at radius 1 is 1.38 bits per heavy atom. The maximum atomic E-state index is 4.71. The predicted molar refractivity (Wildman–Crippen MR) is 86.0 cm³/mol. The van der Waals surface area contributed by atoms with Crippen LogP contribution in [0, 0.1) is 0 Å². The highest BCUT2D eigenvalue weighted by atomic mass is 15.3.